The van der Waals surface area contributed by atoms with Gasteiger partial charge in [-0.1, -0.05) is 30.3 Å². The second-order valence-electron chi connectivity index (χ2n) is 5.69. The number of hydrogen-bond acceptors (Lipinski definition) is 4. The van der Waals surface area contributed by atoms with Crippen molar-refractivity contribution in [3.8, 4) is 0 Å². The molecule has 0 N–H and O–H groups in total. The molecule has 1 atom stereocenters. The van der Waals surface area contributed by atoms with Gasteiger partial charge < -0.3 is 4.74 Å². The Kier molecular flexibility index (Phi) is 5.48. The van der Waals surface area contributed by atoms with E-state index in [0.717, 1.165) is 19.3 Å². The van der Waals surface area contributed by atoms with Gasteiger partial charge in [0.2, 0.25) is 10.0 Å². The normalized spacial score (nSPS) is 19.7. The summed E-state index contributed by atoms with van der Waals surface area (Å²) in [6, 6.07) is 12.0. The van der Waals surface area contributed by atoms with Crippen LogP contribution in [0.3, 0.4) is 0 Å². The van der Waals surface area contributed by atoms with E-state index in [1.54, 1.807) is 21.1 Å². The average Bonchev–Trinajstić information content (AvgIpc) is 3.11. The molecule has 0 bridgehead atoms. The molecule has 23 heavy (non-hydrogen) atoms. The second kappa shape index (κ2) is 7.57. The molecule has 0 aliphatic carbocycles. The lowest BCUT2D eigenvalue weighted by molar-refractivity contribution is -0.00639. The molecule has 2 aromatic rings. The average molecular weight is 351 g/mol. The Bertz CT molecular complexity index is 699. The third kappa shape index (κ3) is 4.20. The number of rotatable bonds is 6. The van der Waals surface area contributed by atoms with Crippen LogP contribution in [0.5, 0.6) is 0 Å². The molecule has 124 valence electrons. The van der Waals surface area contributed by atoms with Crippen molar-refractivity contribution in [3.63, 3.8) is 0 Å². The number of ether oxygens (including phenoxy) is 1. The van der Waals surface area contributed by atoms with Gasteiger partial charge in [0.1, 0.15) is 0 Å². The third-order valence-electron chi connectivity index (χ3n) is 4.07. The van der Waals surface area contributed by atoms with Crippen molar-refractivity contribution in [1.82, 2.24) is 4.31 Å². The second-order valence-corrected chi connectivity index (χ2v) is 8.41. The van der Waals surface area contributed by atoms with Gasteiger partial charge in [-0.05, 0) is 36.3 Å². The summed E-state index contributed by atoms with van der Waals surface area (Å²) in [4.78, 5) is 0.396. The molecule has 6 heteroatoms. The number of benzene rings is 1. The van der Waals surface area contributed by atoms with E-state index in [9.17, 15) is 8.42 Å². The van der Waals surface area contributed by atoms with Crippen molar-refractivity contribution in [2.75, 3.05) is 19.7 Å². The van der Waals surface area contributed by atoms with Gasteiger partial charge in [-0.3, -0.25) is 0 Å². The summed E-state index contributed by atoms with van der Waals surface area (Å²) in [6.07, 6.45) is 2.87. The van der Waals surface area contributed by atoms with Crippen LogP contribution in [-0.2, 0) is 21.2 Å². The largest absolute Gasteiger partial charge is 0.375 e. The quantitative estimate of drug-likeness (QED) is 0.803. The molecular weight excluding hydrogens is 330 g/mol. The van der Waals surface area contributed by atoms with E-state index in [1.807, 2.05) is 18.2 Å². The van der Waals surface area contributed by atoms with Crippen LogP contribution in [0.4, 0.5) is 0 Å². The zero-order chi connectivity index (χ0) is 16.1. The molecule has 1 fully saturated rings. The molecule has 1 aromatic carbocycles. The number of aryl methyl sites for hydroxylation is 1. The zero-order valence-electron chi connectivity index (χ0n) is 12.9. The molecule has 0 amide bonds. The van der Waals surface area contributed by atoms with Crippen molar-refractivity contribution >= 4 is 21.4 Å². The van der Waals surface area contributed by atoms with Crippen LogP contribution in [0.1, 0.15) is 18.4 Å². The smallest absolute Gasteiger partial charge is 0.244 e. The fourth-order valence-electron chi connectivity index (χ4n) is 2.81. The number of hydrogen-bond donors (Lipinski definition) is 0. The molecule has 3 rings (SSSR count). The topological polar surface area (TPSA) is 46.6 Å². The van der Waals surface area contributed by atoms with E-state index >= 15 is 0 Å². The highest BCUT2D eigenvalue weighted by Crippen LogP contribution is 2.22. The zero-order valence-corrected chi connectivity index (χ0v) is 14.6. The van der Waals surface area contributed by atoms with Crippen LogP contribution < -0.4 is 0 Å². The monoisotopic (exact) mass is 351 g/mol. The Morgan fingerprint density at radius 3 is 2.78 bits per heavy atom. The van der Waals surface area contributed by atoms with Gasteiger partial charge in [-0.25, -0.2) is 8.42 Å². The van der Waals surface area contributed by atoms with Crippen molar-refractivity contribution in [3.05, 3.63) is 52.7 Å². The van der Waals surface area contributed by atoms with Crippen LogP contribution in [0.15, 0.2) is 52.1 Å². The summed E-state index contributed by atoms with van der Waals surface area (Å²) >= 11 is 1.41. The third-order valence-corrected chi connectivity index (χ3v) is 6.76. The van der Waals surface area contributed by atoms with E-state index < -0.39 is 10.0 Å². The highest BCUT2D eigenvalue weighted by Gasteiger charge is 2.30. The lowest BCUT2D eigenvalue weighted by atomic mass is 10.1. The fraction of sp³-hybridized carbons (Fsp3) is 0.412. The van der Waals surface area contributed by atoms with Crippen molar-refractivity contribution < 1.29 is 13.2 Å². The van der Waals surface area contributed by atoms with Gasteiger partial charge >= 0.3 is 0 Å². The summed E-state index contributed by atoms with van der Waals surface area (Å²) in [6.45, 7) is 1.36. The number of morpholine rings is 1. The minimum atomic E-state index is -3.37. The summed E-state index contributed by atoms with van der Waals surface area (Å²) in [7, 11) is -3.37. The molecule has 1 aliphatic heterocycles. The van der Waals surface area contributed by atoms with Gasteiger partial charge in [0.05, 0.1) is 17.6 Å². The first-order valence-corrected chi connectivity index (χ1v) is 10.2. The summed E-state index contributed by atoms with van der Waals surface area (Å²) in [5.74, 6) is 0. The maximum atomic E-state index is 12.6. The molecule has 0 saturated carbocycles. The lowest BCUT2D eigenvalue weighted by Crippen LogP contribution is -2.45. The highest BCUT2D eigenvalue weighted by atomic mass is 32.2. The highest BCUT2D eigenvalue weighted by molar-refractivity contribution is 7.89. The molecule has 1 aliphatic rings. The van der Waals surface area contributed by atoms with Gasteiger partial charge in [0.15, 0.2) is 0 Å². The summed E-state index contributed by atoms with van der Waals surface area (Å²) < 4.78 is 32.4. The first kappa shape index (κ1) is 16.6. The van der Waals surface area contributed by atoms with Crippen LogP contribution in [-0.4, -0.2) is 38.5 Å². The van der Waals surface area contributed by atoms with E-state index in [0.29, 0.717) is 24.6 Å². The fourth-order valence-corrected chi connectivity index (χ4v) is 5.28. The Balaban J connectivity index is 1.54. The number of thiophene rings is 1. The van der Waals surface area contributed by atoms with E-state index in [1.165, 1.54) is 16.9 Å². The van der Waals surface area contributed by atoms with Crippen molar-refractivity contribution in [2.45, 2.75) is 30.3 Å². The summed E-state index contributed by atoms with van der Waals surface area (Å²) in [5.41, 5.74) is 1.31. The minimum Gasteiger partial charge on any atom is -0.375 e. The van der Waals surface area contributed by atoms with Crippen LogP contribution in [0.25, 0.3) is 0 Å². The molecule has 0 spiro atoms. The Morgan fingerprint density at radius 2 is 2.04 bits per heavy atom. The molecule has 2 heterocycles. The molecule has 0 radical (unpaired) electrons. The van der Waals surface area contributed by atoms with Gasteiger partial charge in [0.25, 0.3) is 0 Å². The van der Waals surface area contributed by atoms with Gasteiger partial charge in [-0.15, -0.1) is 0 Å². The predicted octanol–water partition coefficient (Wildman–Crippen LogP) is 3.16. The van der Waals surface area contributed by atoms with Gasteiger partial charge in [0, 0.05) is 18.5 Å². The van der Waals surface area contributed by atoms with Gasteiger partial charge in [-0.2, -0.15) is 15.6 Å². The number of sulfonamides is 1. The Morgan fingerprint density at radius 1 is 1.22 bits per heavy atom. The number of nitrogens with zero attached hydrogens (tertiary/aromatic N) is 1. The van der Waals surface area contributed by atoms with E-state index in [4.69, 9.17) is 4.74 Å². The van der Waals surface area contributed by atoms with Crippen molar-refractivity contribution in [2.24, 2.45) is 0 Å². The van der Waals surface area contributed by atoms with Crippen LogP contribution in [0, 0.1) is 0 Å². The molecule has 1 aromatic heterocycles. The van der Waals surface area contributed by atoms with E-state index in [-0.39, 0.29) is 6.10 Å². The standard InChI is InChI=1S/C17H21NO3S2/c19-23(20,17-9-12-22-14-17)18-10-11-21-16(13-18)8-4-7-15-5-2-1-3-6-15/h1-3,5-6,9,12,14,16H,4,7-8,10-11,13H2/t16-/m1/s1. The first-order valence-electron chi connectivity index (χ1n) is 7.84. The van der Waals surface area contributed by atoms with Crippen LogP contribution in [0.2, 0.25) is 0 Å². The predicted molar refractivity (Wildman–Crippen MR) is 92.2 cm³/mol. The lowest BCUT2D eigenvalue weighted by Gasteiger charge is -2.32. The first-order chi connectivity index (χ1) is 11.2. The Hall–Kier alpha value is -1.21. The minimum absolute atomic E-state index is 0.0131. The molecule has 1 saturated heterocycles. The maximum absolute atomic E-state index is 12.6. The van der Waals surface area contributed by atoms with Crippen molar-refractivity contribution in [1.29, 1.82) is 0 Å². The summed E-state index contributed by atoms with van der Waals surface area (Å²) in [5, 5.41) is 3.49. The molecular formula is C17H21NO3S2. The van der Waals surface area contributed by atoms with E-state index in [2.05, 4.69) is 12.1 Å². The SMILES string of the molecule is O=S(=O)(c1ccsc1)N1CCO[C@H](CCCc2ccccc2)C1. The molecule has 0 unspecified atom stereocenters. The molecule has 4 nitrogen and oxygen atoms in total. The van der Waals surface area contributed by atoms with Crippen LogP contribution >= 0.6 is 11.3 Å². The Labute approximate surface area is 141 Å². The maximum Gasteiger partial charge on any atom is 0.244 e.